The lowest BCUT2D eigenvalue weighted by Crippen LogP contribution is -2.54. The third-order valence-corrected chi connectivity index (χ3v) is 4.92. The van der Waals surface area contributed by atoms with E-state index in [0.29, 0.717) is 26.3 Å². The van der Waals surface area contributed by atoms with Crippen LogP contribution in [-0.2, 0) is 9.53 Å². The van der Waals surface area contributed by atoms with Crippen LogP contribution in [0.5, 0.6) is 5.75 Å². The Morgan fingerprint density at radius 1 is 1.13 bits per heavy atom. The second-order valence-electron chi connectivity index (χ2n) is 7.31. The molecule has 0 spiro atoms. The maximum Gasteiger partial charge on any atom is 0.234 e. The topological polar surface area (TPSA) is 78.4 Å². The molecule has 0 aliphatic carbocycles. The molecule has 0 aromatic heterocycles. The fraction of sp³-hybridized carbons (Fsp3) is 0.636. The first-order valence-electron chi connectivity index (χ1n) is 10.8. The van der Waals surface area contributed by atoms with Crippen LogP contribution < -0.4 is 15.4 Å². The van der Waals surface area contributed by atoms with Crippen LogP contribution in [0.25, 0.3) is 0 Å². The van der Waals surface area contributed by atoms with Gasteiger partial charge in [0.15, 0.2) is 5.96 Å². The van der Waals surface area contributed by atoms with Crippen LogP contribution in [0.3, 0.4) is 0 Å². The van der Waals surface area contributed by atoms with Crippen molar-refractivity contribution >= 4 is 11.9 Å². The number of guanidine groups is 1. The quantitative estimate of drug-likeness (QED) is 0.318. The van der Waals surface area contributed by atoms with Gasteiger partial charge in [0.05, 0.1) is 19.8 Å². The first-order chi connectivity index (χ1) is 14.6. The van der Waals surface area contributed by atoms with Gasteiger partial charge in [-0.3, -0.25) is 14.7 Å². The van der Waals surface area contributed by atoms with Gasteiger partial charge in [-0.15, -0.1) is 0 Å². The first kappa shape index (κ1) is 24.0. The lowest BCUT2D eigenvalue weighted by atomic mass is 10.2. The number of benzene rings is 1. The van der Waals surface area contributed by atoms with E-state index in [1.807, 2.05) is 18.2 Å². The summed E-state index contributed by atoms with van der Waals surface area (Å²) in [7, 11) is 1.63. The number of carbonyl (C=O) groups excluding carboxylic acids is 1. The van der Waals surface area contributed by atoms with Gasteiger partial charge in [0, 0.05) is 59.3 Å². The molecular formula is C22H37N5O3. The molecule has 0 unspecified atom stereocenters. The third kappa shape index (κ3) is 8.59. The molecule has 8 nitrogen and oxygen atoms in total. The highest BCUT2D eigenvalue weighted by molar-refractivity contribution is 5.80. The number of methoxy groups -OCH3 is 1. The minimum absolute atomic E-state index is 0.0507. The molecule has 0 saturated carbocycles. The van der Waals surface area contributed by atoms with Crippen molar-refractivity contribution in [1.82, 2.24) is 20.4 Å². The van der Waals surface area contributed by atoms with Crippen molar-refractivity contribution in [2.45, 2.75) is 20.3 Å². The molecule has 1 aliphatic rings. The molecule has 1 heterocycles. The second kappa shape index (κ2) is 13.8. The number of para-hydroxylation sites is 1. The summed E-state index contributed by atoms with van der Waals surface area (Å²) in [6, 6.07) is 8.06. The molecule has 2 N–H and O–H groups in total. The summed E-state index contributed by atoms with van der Waals surface area (Å²) in [5, 5.41) is 6.26. The van der Waals surface area contributed by atoms with E-state index in [1.54, 1.807) is 7.11 Å². The summed E-state index contributed by atoms with van der Waals surface area (Å²) >= 11 is 0. The zero-order valence-electron chi connectivity index (χ0n) is 18.7. The van der Waals surface area contributed by atoms with Crippen molar-refractivity contribution in [2.24, 2.45) is 4.99 Å². The van der Waals surface area contributed by atoms with E-state index in [0.717, 1.165) is 63.0 Å². The number of nitrogens with one attached hydrogen (secondary N) is 2. The van der Waals surface area contributed by atoms with Gasteiger partial charge in [-0.05, 0) is 25.5 Å². The average molecular weight is 420 g/mol. The van der Waals surface area contributed by atoms with Crippen molar-refractivity contribution < 1.29 is 14.3 Å². The highest BCUT2D eigenvalue weighted by atomic mass is 16.5. The molecule has 0 atom stereocenters. The van der Waals surface area contributed by atoms with Gasteiger partial charge in [-0.25, -0.2) is 0 Å². The molecule has 168 valence electrons. The number of ether oxygens (including phenoxy) is 2. The Kier molecular flexibility index (Phi) is 11.0. The van der Waals surface area contributed by atoms with E-state index in [2.05, 4.69) is 40.3 Å². The number of hydrogen-bond donors (Lipinski definition) is 2. The van der Waals surface area contributed by atoms with Crippen LogP contribution in [0.4, 0.5) is 0 Å². The minimum Gasteiger partial charge on any atom is -0.493 e. The predicted octanol–water partition coefficient (Wildman–Crippen LogP) is 1.11. The van der Waals surface area contributed by atoms with Crippen molar-refractivity contribution in [1.29, 1.82) is 0 Å². The number of nitrogens with zero attached hydrogens (tertiary/aromatic N) is 3. The maximum atomic E-state index is 12.0. The highest BCUT2D eigenvalue weighted by Crippen LogP contribution is 2.16. The Morgan fingerprint density at radius 2 is 1.90 bits per heavy atom. The summed E-state index contributed by atoms with van der Waals surface area (Å²) in [5.74, 6) is 1.93. The molecule has 1 amide bonds. The molecule has 8 heteroatoms. The first-order valence-corrected chi connectivity index (χ1v) is 10.8. The number of hydrogen-bond acceptors (Lipinski definition) is 5. The van der Waals surface area contributed by atoms with Gasteiger partial charge in [0.2, 0.25) is 5.91 Å². The smallest absolute Gasteiger partial charge is 0.234 e. The fourth-order valence-corrected chi connectivity index (χ4v) is 3.25. The third-order valence-electron chi connectivity index (χ3n) is 4.92. The van der Waals surface area contributed by atoms with Crippen molar-refractivity contribution in [3.8, 4) is 5.75 Å². The van der Waals surface area contributed by atoms with Gasteiger partial charge in [0.1, 0.15) is 5.75 Å². The van der Waals surface area contributed by atoms with Crippen LogP contribution in [-0.4, -0.2) is 94.3 Å². The van der Waals surface area contributed by atoms with Crippen LogP contribution in [0.15, 0.2) is 29.3 Å². The Bertz CT molecular complexity index is 660. The molecule has 1 aromatic carbocycles. The van der Waals surface area contributed by atoms with Gasteiger partial charge < -0.3 is 25.0 Å². The number of aliphatic imine (C=N–C) groups is 1. The molecule has 0 bridgehead atoms. The minimum atomic E-state index is 0.0507. The van der Waals surface area contributed by atoms with Crippen molar-refractivity contribution in [3.63, 3.8) is 0 Å². The second-order valence-corrected chi connectivity index (χ2v) is 7.31. The van der Waals surface area contributed by atoms with E-state index < -0.39 is 0 Å². The van der Waals surface area contributed by atoms with E-state index in [1.165, 1.54) is 0 Å². The number of rotatable bonds is 11. The zero-order valence-corrected chi connectivity index (χ0v) is 18.7. The van der Waals surface area contributed by atoms with Crippen LogP contribution in [0.1, 0.15) is 18.9 Å². The van der Waals surface area contributed by atoms with Crippen LogP contribution >= 0.6 is 0 Å². The standard InChI is InChI=1S/C22H37N5O3/c1-4-23-22(25-10-7-16-30-20-9-6-5-8-19(20)2)27-14-12-26(13-15-27)18-21(28)24-11-17-29-3/h5-6,8-9H,4,7,10-18H2,1-3H3,(H,23,25)(H,24,28). The lowest BCUT2D eigenvalue weighted by molar-refractivity contribution is -0.122. The van der Waals surface area contributed by atoms with Gasteiger partial charge >= 0.3 is 0 Å². The van der Waals surface area contributed by atoms with E-state index >= 15 is 0 Å². The maximum absolute atomic E-state index is 12.0. The molecule has 0 radical (unpaired) electrons. The molecular weight excluding hydrogens is 382 g/mol. The largest absolute Gasteiger partial charge is 0.493 e. The van der Waals surface area contributed by atoms with Crippen LogP contribution in [0, 0.1) is 6.92 Å². The SMILES string of the molecule is CCNC(=NCCCOc1ccccc1C)N1CCN(CC(=O)NCCOC)CC1. The average Bonchev–Trinajstić information content (AvgIpc) is 2.75. The monoisotopic (exact) mass is 419 g/mol. The Balaban J connectivity index is 1.71. The molecule has 2 rings (SSSR count). The Labute approximate surface area is 180 Å². The number of amides is 1. The summed E-state index contributed by atoms with van der Waals surface area (Å²) < 4.78 is 10.8. The molecule has 1 saturated heterocycles. The van der Waals surface area contributed by atoms with Crippen molar-refractivity contribution in [3.05, 3.63) is 29.8 Å². The normalized spacial score (nSPS) is 15.2. The Morgan fingerprint density at radius 3 is 2.60 bits per heavy atom. The van der Waals surface area contributed by atoms with Gasteiger partial charge in [-0.1, -0.05) is 18.2 Å². The highest BCUT2D eigenvalue weighted by Gasteiger charge is 2.21. The summed E-state index contributed by atoms with van der Waals surface area (Å²) in [4.78, 5) is 21.2. The van der Waals surface area contributed by atoms with Gasteiger partial charge in [0.25, 0.3) is 0 Å². The summed E-state index contributed by atoms with van der Waals surface area (Å²) in [6.45, 7) is 11.3. The fourth-order valence-electron chi connectivity index (χ4n) is 3.25. The van der Waals surface area contributed by atoms with Gasteiger partial charge in [-0.2, -0.15) is 0 Å². The molecule has 1 aliphatic heterocycles. The van der Waals surface area contributed by atoms with Crippen molar-refractivity contribution in [2.75, 3.05) is 72.7 Å². The number of piperazine rings is 1. The summed E-state index contributed by atoms with van der Waals surface area (Å²) in [5.41, 5.74) is 1.15. The molecule has 1 aromatic rings. The van der Waals surface area contributed by atoms with E-state index in [-0.39, 0.29) is 5.91 Å². The molecule has 1 fully saturated rings. The van der Waals surface area contributed by atoms with E-state index in [9.17, 15) is 4.79 Å². The van der Waals surface area contributed by atoms with E-state index in [4.69, 9.17) is 14.5 Å². The lowest BCUT2D eigenvalue weighted by Gasteiger charge is -2.36. The number of aryl methyl sites for hydroxylation is 1. The Hall–Kier alpha value is -2.32. The van der Waals surface area contributed by atoms with Crippen LogP contribution in [0.2, 0.25) is 0 Å². The zero-order chi connectivity index (χ0) is 21.6. The predicted molar refractivity (Wildman–Crippen MR) is 120 cm³/mol. The summed E-state index contributed by atoms with van der Waals surface area (Å²) in [6.07, 6.45) is 0.866. The molecule has 30 heavy (non-hydrogen) atoms. The number of carbonyl (C=O) groups is 1.